The molecule has 1 aliphatic heterocycles. The zero-order chi connectivity index (χ0) is 21.8. The van der Waals surface area contributed by atoms with E-state index in [-0.39, 0.29) is 24.4 Å². The number of benzene rings is 2. The fraction of sp³-hybridized carbons (Fsp3) is 0.385. The van der Waals surface area contributed by atoms with Crippen LogP contribution in [0.3, 0.4) is 0 Å². The maximum absolute atomic E-state index is 13.4. The van der Waals surface area contributed by atoms with Crippen molar-refractivity contribution in [2.24, 2.45) is 5.92 Å². The summed E-state index contributed by atoms with van der Waals surface area (Å²) >= 11 is 1.47. The number of carbonyl (C=O) groups is 2. The van der Waals surface area contributed by atoms with Gasteiger partial charge in [-0.3, -0.25) is 14.5 Å². The predicted molar refractivity (Wildman–Crippen MR) is 128 cm³/mol. The van der Waals surface area contributed by atoms with E-state index < -0.39 is 0 Å². The second-order valence-corrected chi connectivity index (χ2v) is 9.58. The molecule has 0 saturated heterocycles. The van der Waals surface area contributed by atoms with Crippen LogP contribution in [0.1, 0.15) is 50.7 Å². The first kappa shape index (κ1) is 21.7. The number of para-hydroxylation sites is 1. The van der Waals surface area contributed by atoms with Gasteiger partial charge in [0.05, 0.1) is 10.6 Å². The van der Waals surface area contributed by atoms with Gasteiger partial charge in [0.25, 0.3) is 5.91 Å². The average Bonchev–Trinajstić information content (AvgIpc) is 2.78. The van der Waals surface area contributed by atoms with Crippen molar-refractivity contribution in [3.63, 3.8) is 0 Å². The molecule has 31 heavy (non-hydrogen) atoms. The number of hydrogen-bond acceptors (Lipinski definition) is 3. The van der Waals surface area contributed by atoms with Crippen LogP contribution in [0.4, 0.5) is 5.69 Å². The molecule has 2 aromatic carbocycles. The molecule has 1 aliphatic carbocycles. The normalized spacial score (nSPS) is 22.3. The Hall–Kier alpha value is -2.53. The third kappa shape index (κ3) is 5.04. The fourth-order valence-electron chi connectivity index (χ4n) is 4.35. The van der Waals surface area contributed by atoms with Gasteiger partial charge in [-0.2, -0.15) is 0 Å². The van der Waals surface area contributed by atoms with Crippen LogP contribution in [0.15, 0.2) is 58.3 Å². The van der Waals surface area contributed by atoms with Gasteiger partial charge in [-0.05, 0) is 54.5 Å². The molecule has 162 valence electrons. The van der Waals surface area contributed by atoms with E-state index in [9.17, 15) is 9.59 Å². The second kappa shape index (κ2) is 9.73. The van der Waals surface area contributed by atoms with Crippen molar-refractivity contribution in [1.29, 1.82) is 0 Å². The van der Waals surface area contributed by atoms with E-state index >= 15 is 0 Å². The Kier molecular flexibility index (Phi) is 6.81. The Morgan fingerprint density at radius 2 is 1.87 bits per heavy atom. The number of carbonyl (C=O) groups excluding carboxylic acids is 2. The molecule has 1 fully saturated rings. The molecule has 2 amide bonds. The van der Waals surface area contributed by atoms with Gasteiger partial charge in [0.1, 0.15) is 6.54 Å². The molecule has 1 saturated carbocycles. The number of amides is 2. The maximum Gasteiger partial charge on any atom is 0.265 e. The molecule has 4 nitrogen and oxygen atoms in total. The van der Waals surface area contributed by atoms with Gasteiger partial charge in [-0.1, -0.05) is 74.8 Å². The predicted octanol–water partition coefficient (Wildman–Crippen LogP) is 5.42. The number of thioether (sulfide) groups is 1. The molecule has 2 unspecified atom stereocenters. The van der Waals surface area contributed by atoms with Gasteiger partial charge < -0.3 is 5.32 Å². The number of nitrogens with zero attached hydrogens (tertiary/aromatic N) is 1. The third-order valence-electron chi connectivity index (χ3n) is 6.28. The van der Waals surface area contributed by atoms with Crippen LogP contribution in [0, 0.1) is 5.92 Å². The molecule has 2 atom stereocenters. The molecule has 0 bridgehead atoms. The molecule has 4 rings (SSSR count). The smallest absolute Gasteiger partial charge is 0.265 e. The zero-order valence-corrected chi connectivity index (χ0v) is 19.1. The average molecular weight is 435 g/mol. The SMILES string of the molecule is CCc1ccc(C=C2Sc3ccccc3N(CC(=O)NC3CCCCC3C)C2=O)cc1. The Balaban J connectivity index is 1.56. The Morgan fingerprint density at radius 1 is 1.13 bits per heavy atom. The molecule has 2 aromatic rings. The van der Waals surface area contributed by atoms with Gasteiger partial charge in [-0.15, -0.1) is 0 Å². The van der Waals surface area contributed by atoms with Crippen LogP contribution in [0.25, 0.3) is 6.08 Å². The largest absolute Gasteiger partial charge is 0.352 e. The number of aryl methyl sites for hydroxylation is 1. The summed E-state index contributed by atoms with van der Waals surface area (Å²) in [7, 11) is 0. The molecule has 0 spiro atoms. The minimum atomic E-state index is -0.116. The van der Waals surface area contributed by atoms with Crippen molar-refractivity contribution >= 4 is 35.3 Å². The van der Waals surface area contributed by atoms with Crippen LogP contribution in [0.5, 0.6) is 0 Å². The quantitative estimate of drug-likeness (QED) is 0.639. The zero-order valence-electron chi connectivity index (χ0n) is 18.3. The Bertz CT molecular complexity index is 983. The van der Waals surface area contributed by atoms with Crippen molar-refractivity contribution in [1.82, 2.24) is 5.32 Å². The molecule has 2 aliphatic rings. The van der Waals surface area contributed by atoms with Crippen molar-refractivity contribution in [2.45, 2.75) is 56.9 Å². The van der Waals surface area contributed by atoms with E-state index in [1.807, 2.05) is 42.5 Å². The molecule has 0 aromatic heterocycles. The number of rotatable bonds is 5. The number of anilines is 1. The van der Waals surface area contributed by atoms with Crippen molar-refractivity contribution < 1.29 is 9.59 Å². The minimum Gasteiger partial charge on any atom is -0.352 e. The standard InChI is InChI=1S/C26H30N2O2S/c1-3-19-12-14-20(15-13-19)16-24-26(30)28(22-10-6-7-11-23(22)31-24)17-25(29)27-21-9-5-4-8-18(21)2/h6-7,10-16,18,21H,3-5,8-9,17H2,1-2H3,(H,27,29). The highest BCUT2D eigenvalue weighted by atomic mass is 32.2. The lowest BCUT2D eigenvalue weighted by Crippen LogP contribution is -2.48. The molecule has 1 N–H and O–H groups in total. The Morgan fingerprint density at radius 3 is 2.61 bits per heavy atom. The summed E-state index contributed by atoms with van der Waals surface area (Å²) in [5, 5.41) is 3.19. The number of nitrogens with one attached hydrogen (secondary N) is 1. The topological polar surface area (TPSA) is 49.4 Å². The van der Waals surface area contributed by atoms with E-state index in [4.69, 9.17) is 0 Å². The Labute approximate surface area is 189 Å². The van der Waals surface area contributed by atoms with Crippen molar-refractivity contribution in [3.05, 3.63) is 64.6 Å². The second-order valence-electron chi connectivity index (χ2n) is 8.50. The van der Waals surface area contributed by atoms with Gasteiger partial charge in [0, 0.05) is 10.9 Å². The highest BCUT2D eigenvalue weighted by Crippen LogP contribution is 2.42. The fourth-order valence-corrected chi connectivity index (χ4v) is 5.41. The van der Waals surface area contributed by atoms with Gasteiger partial charge in [0.15, 0.2) is 0 Å². The first-order valence-electron chi connectivity index (χ1n) is 11.2. The molecule has 0 radical (unpaired) electrons. The monoisotopic (exact) mass is 434 g/mol. The summed E-state index contributed by atoms with van der Waals surface area (Å²) in [6.45, 7) is 4.38. The van der Waals surface area contributed by atoms with Crippen LogP contribution in [-0.4, -0.2) is 24.4 Å². The number of hydrogen-bond donors (Lipinski definition) is 1. The van der Waals surface area contributed by atoms with Crippen molar-refractivity contribution in [2.75, 3.05) is 11.4 Å². The molecule has 1 heterocycles. The van der Waals surface area contributed by atoms with Gasteiger partial charge in [-0.25, -0.2) is 0 Å². The first-order chi connectivity index (χ1) is 15.0. The third-order valence-corrected chi connectivity index (χ3v) is 7.35. The number of fused-ring (bicyclic) bond motifs is 1. The van der Waals surface area contributed by atoms with E-state index in [0.29, 0.717) is 10.8 Å². The van der Waals surface area contributed by atoms with Crippen LogP contribution in [-0.2, 0) is 16.0 Å². The van der Waals surface area contributed by atoms with Crippen molar-refractivity contribution in [3.8, 4) is 0 Å². The van der Waals surface area contributed by atoms with E-state index in [2.05, 4.69) is 31.3 Å². The highest BCUT2D eigenvalue weighted by Gasteiger charge is 2.31. The summed E-state index contributed by atoms with van der Waals surface area (Å²) in [6, 6.07) is 16.3. The summed E-state index contributed by atoms with van der Waals surface area (Å²) in [4.78, 5) is 29.5. The lowest BCUT2D eigenvalue weighted by atomic mass is 9.86. The highest BCUT2D eigenvalue weighted by molar-refractivity contribution is 8.04. The lowest BCUT2D eigenvalue weighted by Gasteiger charge is -2.32. The molecule has 5 heteroatoms. The maximum atomic E-state index is 13.4. The van der Waals surface area contributed by atoms with E-state index in [0.717, 1.165) is 41.8 Å². The minimum absolute atomic E-state index is 0.0474. The lowest BCUT2D eigenvalue weighted by molar-refractivity contribution is -0.123. The summed E-state index contributed by atoms with van der Waals surface area (Å²) in [5.41, 5.74) is 3.07. The molecular weight excluding hydrogens is 404 g/mol. The summed E-state index contributed by atoms with van der Waals surface area (Å²) in [6.07, 6.45) is 7.47. The molecular formula is C26H30N2O2S. The summed E-state index contributed by atoms with van der Waals surface area (Å²) in [5.74, 6) is 0.287. The van der Waals surface area contributed by atoms with E-state index in [1.54, 1.807) is 4.90 Å². The first-order valence-corrected chi connectivity index (χ1v) is 12.1. The van der Waals surface area contributed by atoms with Crippen LogP contribution >= 0.6 is 11.8 Å². The summed E-state index contributed by atoms with van der Waals surface area (Å²) < 4.78 is 0. The van der Waals surface area contributed by atoms with E-state index in [1.165, 1.54) is 23.7 Å². The van der Waals surface area contributed by atoms with Crippen LogP contribution in [0.2, 0.25) is 0 Å². The van der Waals surface area contributed by atoms with Gasteiger partial charge >= 0.3 is 0 Å². The van der Waals surface area contributed by atoms with Crippen LogP contribution < -0.4 is 10.2 Å². The van der Waals surface area contributed by atoms with Gasteiger partial charge in [0.2, 0.25) is 5.91 Å².